The van der Waals surface area contributed by atoms with Gasteiger partial charge in [-0.25, -0.2) is 9.52 Å². The minimum atomic E-state index is -4.01. The average Bonchev–Trinajstić information content (AvgIpc) is 2.22. The highest BCUT2D eigenvalue weighted by atomic mass is 79.9. The summed E-state index contributed by atoms with van der Waals surface area (Å²) in [5, 5.41) is 0. The standard InChI is InChI=1S/C11H15BrN2O4S/c1-7(2)18-11(15)14-19(16,17)13-10-6-4-5-9(12)8(10)3/h4-7,13H,1-3H3,(H,14,15). The Balaban J connectivity index is 2.80. The molecule has 0 aliphatic carbocycles. The first-order valence-electron chi connectivity index (χ1n) is 5.47. The van der Waals surface area contributed by atoms with Crippen molar-refractivity contribution in [2.24, 2.45) is 0 Å². The van der Waals surface area contributed by atoms with Crippen LogP contribution >= 0.6 is 15.9 Å². The van der Waals surface area contributed by atoms with Crippen LogP contribution in [0.25, 0.3) is 0 Å². The molecular weight excluding hydrogens is 336 g/mol. The maximum Gasteiger partial charge on any atom is 0.422 e. The summed E-state index contributed by atoms with van der Waals surface area (Å²) in [6.07, 6.45) is -1.42. The molecule has 0 unspecified atom stereocenters. The van der Waals surface area contributed by atoms with E-state index in [1.807, 2.05) is 0 Å². The number of carbonyl (C=O) groups excluding carboxylic acids is 1. The molecule has 0 spiro atoms. The molecule has 0 heterocycles. The van der Waals surface area contributed by atoms with E-state index in [1.165, 1.54) is 0 Å². The third-order valence-corrected chi connectivity index (χ3v) is 3.86. The second-order valence-electron chi connectivity index (χ2n) is 4.07. The monoisotopic (exact) mass is 350 g/mol. The van der Waals surface area contributed by atoms with Gasteiger partial charge >= 0.3 is 16.3 Å². The molecule has 106 valence electrons. The number of benzene rings is 1. The van der Waals surface area contributed by atoms with E-state index < -0.39 is 22.4 Å². The Hall–Kier alpha value is -1.28. The van der Waals surface area contributed by atoms with Gasteiger partial charge < -0.3 is 4.74 Å². The van der Waals surface area contributed by atoms with Crippen molar-refractivity contribution < 1.29 is 17.9 Å². The summed E-state index contributed by atoms with van der Waals surface area (Å²) in [5.41, 5.74) is 1.09. The molecule has 0 saturated heterocycles. The Labute approximate surface area is 120 Å². The fourth-order valence-electron chi connectivity index (χ4n) is 1.24. The number of carbonyl (C=O) groups is 1. The van der Waals surface area contributed by atoms with Crippen LogP contribution in [0.2, 0.25) is 0 Å². The third-order valence-electron chi connectivity index (χ3n) is 2.07. The van der Waals surface area contributed by atoms with Gasteiger partial charge in [0.05, 0.1) is 11.8 Å². The summed E-state index contributed by atoms with van der Waals surface area (Å²) in [6.45, 7) is 4.99. The Bertz CT molecular complexity index is 572. The predicted octanol–water partition coefficient (Wildman–Crippen LogP) is 2.55. The van der Waals surface area contributed by atoms with Gasteiger partial charge in [-0.1, -0.05) is 22.0 Å². The number of rotatable bonds is 4. The number of hydrogen-bond acceptors (Lipinski definition) is 4. The van der Waals surface area contributed by atoms with Gasteiger partial charge in [0.15, 0.2) is 0 Å². The third kappa shape index (κ3) is 5.07. The van der Waals surface area contributed by atoms with Gasteiger partial charge in [0.1, 0.15) is 0 Å². The lowest BCUT2D eigenvalue weighted by Gasteiger charge is -2.13. The van der Waals surface area contributed by atoms with Crippen LogP contribution in [-0.4, -0.2) is 20.6 Å². The van der Waals surface area contributed by atoms with E-state index in [9.17, 15) is 13.2 Å². The fourth-order valence-corrected chi connectivity index (χ4v) is 2.43. The highest BCUT2D eigenvalue weighted by Gasteiger charge is 2.17. The molecule has 0 saturated carbocycles. The van der Waals surface area contributed by atoms with Crippen LogP contribution in [0.15, 0.2) is 22.7 Å². The molecule has 6 nitrogen and oxygen atoms in total. The molecule has 0 bridgehead atoms. The largest absolute Gasteiger partial charge is 0.446 e. The second kappa shape index (κ2) is 6.25. The normalized spacial score (nSPS) is 11.2. The number of anilines is 1. The molecule has 19 heavy (non-hydrogen) atoms. The summed E-state index contributed by atoms with van der Waals surface area (Å²) < 4.78 is 32.9. The van der Waals surface area contributed by atoms with Gasteiger partial charge in [0.25, 0.3) is 0 Å². The molecule has 0 aromatic heterocycles. The lowest BCUT2D eigenvalue weighted by Crippen LogP contribution is -2.36. The van der Waals surface area contributed by atoms with Gasteiger partial charge in [-0.2, -0.15) is 8.42 Å². The summed E-state index contributed by atoms with van der Waals surface area (Å²) in [7, 11) is -4.01. The van der Waals surface area contributed by atoms with Gasteiger partial charge in [0.2, 0.25) is 0 Å². The first-order valence-corrected chi connectivity index (χ1v) is 7.75. The van der Waals surface area contributed by atoms with E-state index in [4.69, 9.17) is 4.74 Å². The van der Waals surface area contributed by atoms with Crippen LogP contribution in [0.4, 0.5) is 10.5 Å². The number of hydrogen-bond donors (Lipinski definition) is 2. The zero-order chi connectivity index (χ0) is 14.6. The quantitative estimate of drug-likeness (QED) is 0.873. The summed E-state index contributed by atoms with van der Waals surface area (Å²) in [4.78, 5) is 11.2. The van der Waals surface area contributed by atoms with Crippen molar-refractivity contribution in [3.8, 4) is 0 Å². The topological polar surface area (TPSA) is 84.5 Å². The van der Waals surface area contributed by atoms with Gasteiger partial charge in [-0.05, 0) is 38.5 Å². The van der Waals surface area contributed by atoms with Crippen LogP contribution in [0.3, 0.4) is 0 Å². The van der Waals surface area contributed by atoms with Crippen LogP contribution < -0.4 is 9.44 Å². The van der Waals surface area contributed by atoms with Crippen LogP contribution in [0.1, 0.15) is 19.4 Å². The number of ether oxygens (including phenoxy) is 1. The number of nitrogens with one attached hydrogen (secondary N) is 2. The van der Waals surface area contributed by atoms with E-state index in [1.54, 1.807) is 43.7 Å². The maximum atomic E-state index is 11.7. The molecular formula is C11H15BrN2O4S. The van der Waals surface area contributed by atoms with Crippen LogP contribution in [-0.2, 0) is 14.9 Å². The second-order valence-corrected chi connectivity index (χ2v) is 6.34. The lowest BCUT2D eigenvalue weighted by atomic mass is 10.2. The average molecular weight is 351 g/mol. The van der Waals surface area contributed by atoms with Crippen molar-refractivity contribution in [2.75, 3.05) is 4.72 Å². The minimum Gasteiger partial charge on any atom is -0.446 e. The summed E-state index contributed by atoms with van der Waals surface area (Å²) in [6, 6.07) is 5.06. The molecule has 0 fully saturated rings. The first-order chi connectivity index (χ1) is 8.71. The van der Waals surface area contributed by atoms with Gasteiger partial charge in [0, 0.05) is 4.47 Å². The lowest BCUT2D eigenvalue weighted by molar-refractivity contribution is 0.121. The van der Waals surface area contributed by atoms with Gasteiger partial charge in [-0.3, -0.25) is 4.72 Å². The van der Waals surface area contributed by atoms with Gasteiger partial charge in [-0.15, -0.1) is 0 Å². The Kier molecular flexibility index (Phi) is 5.19. The Morgan fingerprint density at radius 1 is 1.37 bits per heavy atom. The fraction of sp³-hybridized carbons (Fsp3) is 0.364. The summed E-state index contributed by atoms with van der Waals surface area (Å²) in [5.74, 6) is 0. The SMILES string of the molecule is Cc1c(Br)cccc1NS(=O)(=O)NC(=O)OC(C)C. The number of amides is 1. The molecule has 0 aliphatic heterocycles. The predicted molar refractivity (Wildman–Crippen MR) is 76.2 cm³/mol. The van der Waals surface area contributed by atoms with E-state index in [2.05, 4.69) is 20.7 Å². The number of halogens is 1. The van der Waals surface area contributed by atoms with Crippen molar-refractivity contribution in [3.63, 3.8) is 0 Å². The smallest absolute Gasteiger partial charge is 0.422 e. The first kappa shape index (κ1) is 15.8. The Morgan fingerprint density at radius 2 is 2.00 bits per heavy atom. The van der Waals surface area contributed by atoms with E-state index >= 15 is 0 Å². The van der Waals surface area contributed by atoms with E-state index in [-0.39, 0.29) is 0 Å². The van der Waals surface area contributed by atoms with E-state index in [0.29, 0.717) is 11.3 Å². The molecule has 0 radical (unpaired) electrons. The van der Waals surface area contributed by atoms with Crippen molar-refractivity contribution in [2.45, 2.75) is 26.9 Å². The molecule has 0 aliphatic rings. The molecule has 1 rings (SSSR count). The van der Waals surface area contributed by atoms with Crippen molar-refractivity contribution in [1.29, 1.82) is 0 Å². The molecule has 2 N–H and O–H groups in total. The minimum absolute atomic E-state index is 0.374. The molecule has 1 aromatic carbocycles. The molecule has 1 amide bonds. The van der Waals surface area contributed by atoms with Crippen LogP contribution in [0, 0.1) is 6.92 Å². The Morgan fingerprint density at radius 3 is 2.58 bits per heavy atom. The van der Waals surface area contributed by atoms with Crippen molar-refractivity contribution in [3.05, 3.63) is 28.2 Å². The maximum absolute atomic E-state index is 11.7. The van der Waals surface area contributed by atoms with Crippen molar-refractivity contribution >= 4 is 37.9 Å². The molecule has 1 aromatic rings. The van der Waals surface area contributed by atoms with Crippen LogP contribution in [0.5, 0.6) is 0 Å². The molecule has 0 atom stereocenters. The highest BCUT2D eigenvalue weighted by molar-refractivity contribution is 9.10. The zero-order valence-corrected chi connectivity index (χ0v) is 13.1. The highest BCUT2D eigenvalue weighted by Crippen LogP contribution is 2.23. The molecule has 8 heteroatoms. The van der Waals surface area contributed by atoms with Crippen molar-refractivity contribution in [1.82, 2.24) is 4.72 Å². The summed E-state index contributed by atoms with van der Waals surface area (Å²) >= 11 is 3.29. The zero-order valence-electron chi connectivity index (χ0n) is 10.7. The van der Waals surface area contributed by atoms with E-state index in [0.717, 1.165) is 4.47 Å².